The second-order valence-electron chi connectivity index (χ2n) is 3.88. The zero-order valence-corrected chi connectivity index (χ0v) is 10.7. The van der Waals surface area contributed by atoms with Crippen molar-refractivity contribution in [2.45, 2.75) is 0 Å². The molecule has 1 aromatic heterocycles. The molecule has 0 aliphatic carbocycles. The lowest BCUT2D eigenvalue weighted by Crippen LogP contribution is -1.93. The van der Waals surface area contributed by atoms with Crippen LogP contribution < -0.4 is 4.74 Å². The van der Waals surface area contributed by atoms with E-state index in [4.69, 9.17) is 16.3 Å². The fourth-order valence-electron chi connectivity index (χ4n) is 1.72. The highest BCUT2D eigenvalue weighted by Gasteiger charge is 2.04. The number of hydrogen-bond acceptors (Lipinski definition) is 3. The number of halogens is 1. The Morgan fingerprint density at radius 2 is 1.74 bits per heavy atom. The average molecular weight is 272 g/mol. The van der Waals surface area contributed by atoms with Crippen LogP contribution in [-0.2, 0) is 0 Å². The van der Waals surface area contributed by atoms with E-state index in [1.807, 2.05) is 54.6 Å². The SMILES string of the molecule is Clc1nncn1-c1cccc(Oc2ccccc2)c1. The third kappa shape index (κ3) is 2.58. The molecular weight excluding hydrogens is 262 g/mol. The molecule has 0 aliphatic rings. The number of hydrogen-bond donors (Lipinski definition) is 0. The van der Waals surface area contributed by atoms with Crippen molar-refractivity contribution in [3.05, 3.63) is 66.2 Å². The quantitative estimate of drug-likeness (QED) is 0.729. The second kappa shape index (κ2) is 5.12. The van der Waals surface area contributed by atoms with Crippen molar-refractivity contribution >= 4 is 11.6 Å². The van der Waals surface area contributed by atoms with E-state index < -0.39 is 0 Å². The van der Waals surface area contributed by atoms with Gasteiger partial charge in [0.2, 0.25) is 5.28 Å². The highest BCUT2D eigenvalue weighted by Crippen LogP contribution is 2.24. The maximum absolute atomic E-state index is 5.94. The van der Waals surface area contributed by atoms with E-state index in [1.165, 1.54) is 0 Å². The average Bonchev–Trinajstić information content (AvgIpc) is 2.86. The first-order valence-electron chi connectivity index (χ1n) is 5.72. The van der Waals surface area contributed by atoms with Crippen molar-refractivity contribution in [3.8, 4) is 17.2 Å². The lowest BCUT2D eigenvalue weighted by molar-refractivity contribution is 0.482. The number of aromatic nitrogens is 3. The second-order valence-corrected chi connectivity index (χ2v) is 4.22. The number of ether oxygens (including phenoxy) is 1. The molecule has 3 rings (SSSR count). The molecule has 19 heavy (non-hydrogen) atoms. The third-order valence-electron chi connectivity index (χ3n) is 2.58. The molecule has 0 aliphatic heterocycles. The highest BCUT2D eigenvalue weighted by molar-refractivity contribution is 6.28. The summed E-state index contributed by atoms with van der Waals surface area (Å²) in [7, 11) is 0. The van der Waals surface area contributed by atoms with E-state index in [-0.39, 0.29) is 0 Å². The van der Waals surface area contributed by atoms with Crippen molar-refractivity contribution in [1.82, 2.24) is 14.8 Å². The topological polar surface area (TPSA) is 39.9 Å². The van der Waals surface area contributed by atoms with Gasteiger partial charge in [0.25, 0.3) is 0 Å². The van der Waals surface area contributed by atoms with E-state index >= 15 is 0 Å². The van der Waals surface area contributed by atoms with Crippen molar-refractivity contribution in [2.75, 3.05) is 0 Å². The molecule has 0 saturated heterocycles. The van der Waals surface area contributed by atoms with Gasteiger partial charge in [-0.1, -0.05) is 24.3 Å². The molecule has 5 heteroatoms. The molecule has 4 nitrogen and oxygen atoms in total. The molecule has 0 spiro atoms. The van der Waals surface area contributed by atoms with Crippen LogP contribution in [0.4, 0.5) is 0 Å². The van der Waals surface area contributed by atoms with E-state index in [1.54, 1.807) is 10.9 Å². The largest absolute Gasteiger partial charge is 0.457 e. The molecule has 94 valence electrons. The van der Waals surface area contributed by atoms with Crippen LogP contribution in [0.15, 0.2) is 60.9 Å². The molecule has 0 fully saturated rings. The molecule has 0 atom stereocenters. The van der Waals surface area contributed by atoms with Gasteiger partial charge in [0.1, 0.15) is 17.8 Å². The summed E-state index contributed by atoms with van der Waals surface area (Å²) in [6.45, 7) is 0. The first-order valence-corrected chi connectivity index (χ1v) is 6.09. The Kier molecular flexibility index (Phi) is 3.16. The monoisotopic (exact) mass is 271 g/mol. The standard InChI is InChI=1S/C14H10ClN3O/c15-14-17-16-10-18(14)11-5-4-8-13(9-11)19-12-6-2-1-3-7-12/h1-10H. The number of benzene rings is 2. The lowest BCUT2D eigenvalue weighted by atomic mass is 10.3. The van der Waals surface area contributed by atoms with E-state index in [9.17, 15) is 0 Å². The van der Waals surface area contributed by atoms with Gasteiger partial charge >= 0.3 is 0 Å². The van der Waals surface area contributed by atoms with Gasteiger partial charge in [-0.3, -0.25) is 4.57 Å². The van der Waals surface area contributed by atoms with Gasteiger partial charge in [-0.15, -0.1) is 10.2 Å². The van der Waals surface area contributed by atoms with Crippen molar-refractivity contribution in [3.63, 3.8) is 0 Å². The summed E-state index contributed by atoms with van der Waals surface area (Å²) < 4.78 is 7.44. The minimum atomic E-state index is 0.317. The molecule has 3 aromatic rings. The van der Waals surface area contributed by atoms with Crippen molar-refractivity contribution in [1.29, 1.82) is 0 Å². The zero-order valence-electron chi connectivity index (χ0n) is 9.90. The predicted octanol–water partition coefficient (Wildman–Crippen LogP) is 3.71. The first-order chi connectivity index (χ1) is 9.33. The van der Waals surface area contributed by atoms with E-state index in [0.717, 1.165) is 17.2 Å². The van der Waals surface area contributed by atoms with Gasteiger partial charge in [0.15, 0.2) is 0 Å². The first kappa shape index (κ1) is 11.7. The number of para-hydroxylation sites is 1. The summed E-state index contributed by atoms with van der Waals surface area (Å²) in [5.41, 5.74) is 0.850. The number of nitrogens with zero attached hydrogens (tertiary/aromatic N) is 3. The highest BCUT2D eigenvalue weighted by atomic mass is 35.5. The molecule has 0 N–H and O–H groups in total. The molecule has 0 amide bonds. The normalized spacial score (nSPS) is 10.4. The summed E-state index contributed by atoms with van der Waals surface area (Å²) in [5, 5.41) is 7.81. The van der Waals surface area contributed by atoms with Crippen LogP contribution in [0, 0.1) is 0 Å². The van der Waals surface area contributed by atoms with Crippen LogP contribution in [0.5, 0.6) is 11.5 Å². The van der Waals surface area contributed by atoms with Gasteiger partial charge in [-0.25, -0.2) is 0 Å². The van der Waals surface area contributed by atoms with E-state index in [2.05, 4.69) is 10.2 Å². The summed E-state index contributed by atoms with van der Waals surface area (Å²) >= 11 is 5.94. The Bertz CT molecular complexity index is 682. The third-order valence-corrected chi connectivity index (χ3v) is 2.84. The minimum Gasteiger partial charge on any atom is -0.457 e. The van der Waals surface area contributed by atoms with Gasteiger partial charge in [0, 0.05) is 6.07 Å². The van der Waals surface area contributed by atoms with Crippen LogP contribution in [0.25, 0.3) is 5.69 Å². The molecule has 0 bridgehead atoms. The molecule has 0 saturated carbocycles. The fourth-order valence-corrected chi connectivity index (χ4v) is 1.90. The molecule has 0 unspecified atom stereocenters. The predicted molar refractivity (Wildman–Crippen MR) is 72.9 cm³/mol. The van der Waals surface area contributed by atoms with Crippen molar-refractivity contribution in [2.24, 2.45) is 0 Å². The number of rotatable bonds is 3. The van der Waals surface area contributed by atoms with Crippen molar-refractivity contribution < 1.29 is 4.74 Å². The van der Waals surface area contributed by atoms with E-state index in [0.29, 0.717) is 5.28 Å². The van der Waals surface area contributed by atoms with Crippen LogP contribution in [0.2, 0.25) is 5.28 Å². The Morgan fingerprint density at radius 1 is 0.947 bits per heavy atom. The minimum absolute atomic E-state index is 0.317. The maximum Gasteiger partial charge on any atom is 0.229 e. The summed E-state index contributed by atoms with van der Waals surface area (Å²) in [4.78, 5) is 0. The van der Waals surface area contributed by atoms with Crippen LogP contribution in [0.3, 0.4) is 0 Å². The summed E-state index contributed by atoms with van der Waals surface area (Å²) in [6, 6.07) is 17.2. The molecule has 2 aromatic carbocycles. The van der Waals surface area contributed by atoms with Gasteiger partial charge < -0.3 is 4.74 Å². The Hall–Kier alpha value is -2.33. The zero-order chi connectivity index (χ0) is 13.1. The fraction of sp³-hybridized carbons (Fsp3) is 0. The Morgan fingerprint density at radius 3 is 2.47 bits per heavy atom. The Labute approximate surface area is 115 Å². The lowest BCUT2D eigenvalue weighted by Gasteiger charge is -2.08. The van der Waals surface area contributed by atoms with Crippen LogP contribution in [0.1, 0.15) is 0 Å². The summed E-state index contributed by atoms with van der Waals surface area (Å²) in [6.07, 6.45) is 1.56. The van der Waals surface area contributed by atoms with Gasteiger partial charge in [-0.05, 0) is 35.9 Å². The van der Waals surface area contributed by atoms with Gasteiger partial charge in [0.05, 0.1) is 5.69 Å². The van der Waals surface area contributed by atoms with Crippen LogP contribution >= 0.6 is 11.6 Å². The maximum atomic E-state index is 5.94. The van der Waals surface area contributed by atoms with Gasteiger partial charge in [-0.2, -0.15) is 0 Å². The van der Waals surface area contributed by atoms with Crippen LogP contribution in [-0.4, -0.2) is 14.8 Å². The molecule has 0 radical (unpaired) electrons. The molecular formula is C14H10ClN3O. The Balaban J connectivity index is 1.91. The molecule has 1 heterocycles. The summed E-state index contributed by atoms with van der Waals surface area (Å²) in [5.74, 6) is 1.52. The smallest absolute Gasteiger partial charge is 0.229 e.